The molecule has 0 bridgehead atoms. The summed E-state index contributed by atoms with van der Waals surface area (Å²) < 4.78 is 12.6. The van der Waals surface area contributed by atoms with E-state index in [0.717, 1.165) is 44.0 Å². The lowest BCUT2D eigenvalue weighted by Gasteiger charge is -2.34. The first-order valence-electron chi connectivity index (χ1n) is 10.5. The molecule has 1 fully saturated rings. The summed E-state index contributed by atoms with van der Waals surface area (Å²) in [6, 6.07) is 17.2. The molecule has 1 aliphatic rings. The number of ether oxygens (including phenoxy) is 1. The minimum Gasteiger partial charge on any atom is -0.492 e. The summed E-state index contributed by atoms with van der Waals surface area (Å²) >= 11 is 0. The lowest BCUT2D eigenvalue weighted by Crippen LogP contribution is -2.49. The molecular formula is C23H27N3O4. The predicted molar refractivity (Wildman–Crippen MR) is 115 cm³/mol. The van der Waals surface area contributed by atoms with E-state index in [1.165, 1.54) is 0 Å². The molecule has 3 aromatic rings. The lowest BCUT2D eigenvalue weighted by molar-refractivity contribution is -0.133. The second-order valence-corrected chi connectivity index (χ2v) is 7.47. The Morgan fingerprint density at radius 2 is 1.67 bits per heavy atom. The van der Waals surface area contributed by atoms with Gasteiger partial charge in [0.25, 0.3) is 0 Å². The van der Waals surface area contributed by atoms with Gasteiger partial charge in [0.05, 0.1) is 5.52 Å². The first-order valence-corrected chi connectivity index (χ1v) is 10.5. The monoisotopic (exact) mass is 409 g/mol. The van der Waals surface area contributed by atoms with Crippen LogP contribution in [0.1, 0.15) is 12.8 Å². The summed E-state index contributed by atoms with van der Waals surface area (Å²) in [5.74, 6) is 0.668. The number of nitrogens with zero attached hydrogens (tertiary/aromatic N) is 3. The number of aromatic nitrogens is 1. The Morgan fingerprint density at radius 1 is 0.933 bits per heavy atom. The third kappa shape index (κ3) is 4.91. The van der Waals surface area contributed by atoms with E-state index < -0.39 is 0 Å². The molecule has 1 saturated heterocycles. The zero-order valence-electron chi connectivity index (χ0n) is 17.0. The van der Waals surface area contributed by atoms with Gasteiger partial charge in [0.2, 0.25) is 5.91 Å². The molecule has 4 rings (SSSR count). The highest BCUT2D eigenvalue weighted by Crippen LogP contribution is 2.13. The molecule has 7 heteroatoms. The SMILES string of the molecule is O=C(CCCn1c(=O)oc2ccccc21)N1CCN(CCOc2ccccc2)CC1. The third-order valence-electron chi connectivity index (χ3n) is 5.49. The Labute approximate surface area is 175 Å². The molecular weight excluding hydrogens is 382 g/mol. The van der Waals surface area contributed by atoms with Gasteiger partial charge in [-0.25, -0.2) is 4.79 Å². The van der Waals surface area contributed by atoms with Crippen molar-refractivity contribution < 1.29 is 13.9 Å². The van der Waals surface area contributed by atoms with Gasteiger partial charge in [-0.1, -0.05) is 30.3 Å². The second kappa shape index (κ2) is 9.63. The quantitative estimate of drug-likeness (QED) is 0.572. The van der Waals surface area contributed by atoms with Crippen LogP contribution in [0.25, 0.3) is 11.1 Å². The highest BCUT2D eigenvalue weighted by Gasteiger charge is 2.20. The molecule has 158 valence electrons. The van der Waals surface area contributed by atoms with E-state index in [4.69, 9.17) is 9.15 Å². The summed E-state index contributed by atoms with van der Waals surface area (Å²) in [7, 11) is 0. The number of hydrogen-bond donors (Lipinski definition) is 0. The Bertz CT molecular complexity index is 1020. The van der Waals surface area contributed by atoms with Crippen LogP contribution in [0.3, 0.4) is 0 Å². The summed E-state index contributed by atoms with van der Waals surface area (Å²) in [5, 5.41) is 0. The molecule has 1 aromatic heterocycles. The number of carbonyl (C=O) groups is 1. The van der Waals surface area contributed by atoms with Crippen molar-refractivity contribution in [2.75, 3.05) is 39.3 Å². The zero-order chi connectivity index (χ0) is 20.8. The van der Waals surface area contributed by atoms with Gasteiger partial charge in [0, 0.05) is 45.7 Å². The zero-order valence-corrected chi connectivity index (χ0v) is 17.0. The number of piperazine rings is 1. The lowest BCUT2D eigenvalue weighted by atomic mass is 10.2. The fraction of sp³-hybridized carbons (Fsp3) is 0.391. The first kappa shape index (κ1) is 20.2. The highest BCUT2D eigenvalue weighted by atomic mass is 16.5. The summed E-state index contributed by atoms with van der Waals surface area (Å²) in [5.41, 5.74) is 1.36. The second-order valence-electron chi connectivity index (χ2n) is 7.47. The van der Waals surface area contributed by atoms with Crippen molar-refractivity contribution in [1.29, 1.82) is 0 Å². The van der Waals surface area contributed by atoms with E-state index in [-0.39, 0.29) is 11.7 Å². The van der Waals surface area contributed by atoms with Crippen molar-refractivity contribution in [3.05, 3.63) is 65.1 Å². The number of oxazole rings is 1. The molecule has 0 saturated carbocycles. The fourth-order valence-electron chi connectivity index (χ4n) is 3.80. The number of carbonyl (C=O) groups excluding carboxylic acids is 1. The summed E-state index contributed by atoms with van der Waals surface area (Å²) in [6.45, 7) is 5.17. The standard InChI is InChI=1S/C23H27N3O4/c27-22(11-6-12-26-20-9-4-5-10-21(20)30-23(26)28)25-15-13-24(14-16-25)17-18-29-19-7-2-1-3-8-19/h1-5,7-10H,6,11-18H2. The minimum atomic E-state index is -0.366. The summed E-state index contributed by atoms with van der Waals surface area (Å²) in [4.78, 5) is 28.8. The van der Waals surface area contributed by atoms with Crippen molar-refractivity contribution in [1.82, 2.24) is 14.4 Å². The topological polar surface area (TPSA) is 67.9 Å². The van der Waals surface area contributed by atoms with Crippen LogP contribution in [0.2, 0.25) is 0 Å². The van der Waals surface area contributed by atoms with Crippen LogP contribution in [0.4, 0.5) is 0 Å². The first-order chi connectivity index (χ1) is 14.7. The normalized spacial score (nSPS) is 14.9. The highest BCUT2D eigenvalue weighted by molar-refractivity contribution is 5.76. The average molecular weight is 409 g/mol. The number of hydrogen-bond acceptors (Lipinski definition) is 5. The Balaban J connectivity index is 1.17. The molecule has 0 aliphatic carbocycles. The minimum absolute atomic E-state index is 0.149. The van der Waals surface area contributed by atoms with Crippen LogP contribution in [-0.4, -0.2) is 59.6 Å². The Hall–Kier alpha value is -3.06. The molecule has 0 N–H and O–H groups in total. The maximum absolute atomic E-state index is 12.6. The van der Waals surface area contributed by atoms with Crippen molar-refractivity contribution in [3.8, 4) is 5.75 Å². The number of fused-ring (bicyclic) bond motifs is 1. The van der Waals surface area contributed by atoms with E-state index in [9.17, 15) is 9.59 Å². The largest absolute Gasteiger partial charge is 0.492 e. The van der Waals surface area contributed by atoms with Gasteiger partial charge in [0.1, 0.15) is 12.4 Å². The van der Waals surface area contributed by atoms with E-state index in [1.807, 2.05) is 53.4 Å². The van der Waals surface area contributed by atoms with Gasteiger partial charge in [-0.15, -0.1) is 0 Å². The maximum atomic E-state index is 12.6. The molecule has 30 heavy (non-hydrogen) atoms. The molecule has 0 spiro atoms. The number of aryl methyl sites for hydroxylation is 1. The molecule has 0 atom stereocenters. The number of rotatable bonds is 8. The fourth-order valence-corrected chi connectivity index (χ4v) is 3.80. The molecule has 1 amide bonds. The van der Waals surface area contributed by atoms with E-state index in [1.54, 1.807) is 10.6 Å². The Morgan fingerprint density at radius 3 is 2.47 bits per heavy atom. The van der Waals surface area contributed by atoms with Crippen molar-refractivity contribution >= 4 is 17.0 Å². The molecule has 7 nitrogen and oxygen atoms in total. The number of benzene rings is 2. The molecule has 0 radical (unpaired) electrons. The maximum Gasteiger partial charge on any atom is 0.419 e. The van der Waals surface area contributed by atoms with Gasteiger partial charge in [-0.2, -0.15) is 0 Å². The van der Waals surface area contributed by atoms with Crippen LogP contribution in [0, 0.1) is 0 Å². The van der Waals surface area contributed by atoms with Crippen molar-refractivity contribution in [2.45, 2.75) is 19.4 Å². The number of para-hydroxylation sites is 3. The molecule has 2 aromatic carbocycles. The van der Waals surface area contributed by atoms with Gasteiger partial charge >= 0.3 is 5.76 Å². The van der Waals surface area contributed by atoms with Gasteiger partial charge < -0.3 is 14.1 Å². The molecule has 2 heterocycles. The van der Waals surface area contributed by atoms with Gasteiger partial charge in [-0.3, -0.25) is 14.3 Å². The predicted octanol–water partition coefficient (Wildman–Crippen LogP) is 2.60. The van der Waals surface area contributed by atoms with Crippen LogP contribution >= 0.6 is 0 Å². The van der Waals surface area contributed by atoms with E-state index in [2.05, 4.69) is 4.90 Å². The number of amides is 1. The van der Waals surface area contributed by atoms with Crippen molar-refractivity contribution in [2.24, 2.45) is 0 Å². The third-order valence-corrected chi connectivity index (χ3v) is 5.49. The van der Waals surface area contributed by atoms with E-state index >= 15 is 0 Å². The van der Waals surface area contributed by atoms with Gasteiger partial charge in [-0.05, 0) is 30.7 Å². The molecule has 1 aliphatic heterocycles. The summed E-state index contributed by atoms with van der Waals surface area (Å²) in [6.07, 6.45) is 1.05. The van der Waals surface area contributed by atoms with Crippen LogP contribution in [0.15, 0.2) is 63.8 Å². The smallest absolute Gasteiger partial charge is 0.419 e. The van der Waals surface area contributed by atoms with Crippen LogP contribution < -0.4 is 10.5 Å². The average Bonchev–Trinajstić information content (AvgIpc) is 3.10. The van der Waals surface area contributed by atoms with Crippen LogP contribution in [-0.2, 0) is 11.3 Å². The van der Waals surface area contributed by atoms with Gasteiger partial charge in [0.15, 0.2) is 5.58 Å². The van der Waals surface area contributed by atoms with E-state index in [0.29, 0.717) is 31.6 Å². The Kier molecular flexibility index (Phi) is 6.49. The van der Waals surface area contributed by atoms with Crippen molar-refractivity contribution in [3.63, 3.8) is 0 Å². The van der Waals surface area contributed by atoms with Crippen LogP contribution in [0.5, 0.6) is 5.75 Å². The molecule has 0 unspecified atom stereocenters.